The summed E-state index contributed by atoms with van der Waals surface area (Å²) in [5.74, 6) is 0.533. The van der Waals surface area contributed by atoms with Crippen LogP contribution in [0.1, 0.15) is 23.9 Å². The van der Waals surface area contributed by atoms with Gasteiger partial charge in [0.15, 0.2) is 0 Å². The molecule has 0 saturated carbocycles. The Kier molecular flexibility index (Phi) is 4.10. The highest BCUT2D eigenvalue weighted by Gasteiger charge is 2.14. The Bertz CT molecular complexity index is 782. The second kappa shape index (κ2) is 6.20. The van der Waals surface area contributed by atoms with Crippen molar-refractivity contribution in [2.75, 3.05) is 0 Å². The fourth-order valence-electron chi connectivity index (χ4n) is 2.44. The largest absolute Gasteiger partial charge is 0.349 e. The molecule has 1 aromatic carbocycles. The average Bonchev–Trinajstić information content (AvgIpc) is 3.14. The SMILES string of the molecule is Cc1cc2nc(CNC(=O)[C@@H](C)Cn3cncn3)[nH]c2cc1C. The topological polar surface area (TPSA) is 88.5 Å². The van der Waals surface area contributed by atoms with Crippen LogP contribution in [0.3, 0.4) is 0 Å². The zero-order valence-electron chi connectivity index (χ0n) is 13.5. The van der Waals surface area contributed by atoms with Crippen molar-refractivity contribution >= 4 is 16.9 Å². The minimum atomic E-state index is -0.189. The summed E-state index contributed by atoms with van der Waals surface area (Å²) in [6, 6.07) is 4.14. The summed E-state index contributed by atoms with van der Waals surface area (Å²) in [4.78, 5) is 23.8. The molecule has 0 unspecified atom stereocenters. The predicted molar refractivity (Wildman–Crippen MR) is 86.6 cm³/mol. The lowest BCUT2D eigenvalue weighted by Crippen LogP contribution is -2.31. The molecule has 7 heteroatoms. The maximum Gasteiger partial charge on any atom is 0.225 e. The molecule has 1 amide bonds. The molecule has 2 aromatic heterocycles. The van der Waals surface area contributed by atoms with Gasteiger partial charge in [-0.15, -0.1) is 0 Å². The summed E-state index contributed by atoms with van der Waals surface area (Å²) in [6.45, 7) is 6.89. The van der Waals surface area contributed by atoms with Crippen LogP contribution in [-0.2, 0) is 17.9 Å². The number of aromatic amines is 1. The van der Waals surface area contributed by atoms with Gasteiger partial charge in [0.2, 0.25) is 5.91 Å². The molecule has 0 bridgehead atoms. The summed E-state index contributed by atoms with van der Waals surface area (Å²) in [7, 11) is 0. The number of aromatic nitrogens is 5. The highest BCUT2D eigenvalue weighted by molar-refractivity contribution is 5.79. The molecule has 3 rings (SSSR count). The number of carbonyl (C=O) groups is 1. The van der Waals surface area contributed by atoms with Crippen LogP contribution in [0.25, 0.3) is 11.0 Å². The van der Waals surface area contributed by atoms with E-state index in [1.807, 2.05) is 6.92 Å². The van der Waals surface area contributed by atoms with Gasteiger partial charge >= 0.3 is 0 Å². The lowest BCUT2D eigenvalue weighted by Gasteiger charge is -2.10. The summed E-state index contributed by atoms with van der Waals surface area (Å²) in [5.41, 5.74) is 4.35. The molecular formula is C16H20N6O. The monoisotopic (exact) mass is 312 g/mol. The van der Waals surface area contributed by atoms with Crippen LogP contribution in [0.2, 0.25) is 0 Å². The van der Waals surface area contributed by atoms with E-state index in [4.69, 9.17) is 0 Å². The Morgan fingerprint density at radius 3 is 2.87 bits per heavy atom. The van der Waals surface area contributed by atoms with E-state index in [-0.39, 0.29) is 11.8 Å². The van der Waals surface area contributed by atoms with E-state index in [2.05, 4.69) is 51.3 Å². The number of hydrogen-bond acceptors (Lipinski definition) is 4. The third-order valence-electron chi connectivity index (χ3n) is 3.95. The molecule has 0 aliphatic rings. The first kappa shape index (κ1) is 15.2. The third-order valence-corrected chi connectivity index (χ3v) is 3.95. The van der Waals surface area contributed by atoms with Gasteiger partial charge in [0, 0.05) is 0 Å². The number of rotatable bonds is 5. The summed E-state index contributed by atoms with van der Waals surface area (Å²) in [6.07, 6.45) is 3.07. The first-order chi connectivity index (χ1) is 11.0. The van der Waals surface area contributed by atoms with Crippen LogP contribution < -0.4 is 5.32 Å². The lowest BCUT2D eigenvalue weighted by atomic mass is 10.1. The Morgan fingerprint density at radius 1 is 1.35 bits per heavy atom. The fourth-order valence-corrected chi connectivity index (χ4v) is 2.44. The van der Waals surface area contributed by atoms with Crippen LogP contribution in [0.5, 0.6) is 0 Å². The van der Waals surface area contributed by atoms with Crippen molar-refractivity contribution < 1.29 is 4.79 Å². The smallest absolute Gasteiger partial charge is 0.225 e. The molecular weight excluding hydrogens is 292 g/mol. The maximum absolute atomic E-state index is 12.2. The number of nitrogens with zero attached hydrogens (tertiary/aromatic N) is 4. The van der Waals surface area contributed by atoms with Gasteiger partial charge in [0.05, 0.1) is 30.0 Å². The molecule has 0 fully saturated rings. The van der Waals surface area contributed by atoms with E-state index >= 15 is 0 Å². The maximum atomic E-state index is 12.2. The zero-order chi connectivity index (χ0) is 16.4. The normalized spacial score (nSPS) is 12.5. The number of benzene rings is 1. The van der Waals surface area contributed by atoms with Gasteiger partial charge in [-0.25, -0.2) is 9.97 Å². The van der Waals surface area contributed by atoms with E-state index in [9.17, 15) is 4.79 Å². The molecule has 1 atom stereocenters. The molecule has 0 spiro atoms. The molecule has 0 aliphatic carbocycles. The van der Waals surface area contributed by atoms with Crippen molar-refractivity contribution in [3.05, 3.63) is 41.7 Å². The first-order valence-corrected chi connectivity index (χ1v) is 7.59. The molecule has 120 valence electrons. The Balaban J connectivity index is 1.62. The molecule has 0 saturated heterocycles. The Hall–Kier alpha value is -2.70. The van der Waals surface area contributed by atoms with Crippen LogP contribution in [-0.4, -0.2) is 30.6 Å². The van der Waals surface area contributed by atoms with E-state index in [0.29, 0.717) is 13.1 Å². The van der Waals surface area contributed by atoms with Crippen molar-refractivity contribution in [2.24, 2.45) is 5.92 Å². The number of aryl methyl sites for hydroxylation is 2. The summed E-state index contributed by atoms with van der Waals surface area (Å²) < 4.78 is 1.65. The van der Waals surface area contributed by atoms with Crippen molar-refractivity contribution in [1.82, 2.24) is 30.0 Å². The number of hydrogen-bond donors (Lipinski definition) is 2. The lowest BCUT2D eigenvalue weighted by molar-refractivity contribution is -0.125. The first-order valence-electron chi connectivity index (χ1n) is 7.59. The predicted octanol–water partition coefficient (Wildman–Crippen LogP) is 1.72. The number of amides is 1. The van der Waals surface area contributed by atoms with Crippen molar-refractivity contribution in [2.45, 2.75) is 33.9 Å². The van der Waals surface area contributed by atoms with Gasteiger partial charge in [0.1, 0.15) is 18.5 Å². The molecule has 7 nitrogen and oxygen atoms in total. The molecule has 23 heavy (non-hydrogen) atoms. The quantitative estimate of drug-likeness (QED) is 0.751. The molecule has 3 aromatic rings. The molecule has 2 heterocycles. The van der Waals surface area contributed by atoms with Crippen LogP contribution >= 0.6 is 0 Å². The van der Waals surface area contributed by atoms with Crippen molar-refractivity contribution in [1.29, 1.82) is 0 Å². The van der Waals surface area contributed by atoms with E-state index in [0.717, 1.165) is 16.9 Å². The third kappa shape index (κ3) is 3.39. The minimum Gasteiger partial charge on any atom is -0.349 e. The zero-order valence-corrected chi connectivity index (χ0v) is 13.5. The Labute approximate surface area is 134 Å². The summed E-state index contributed by atoms with van der Waals surface area (Å²) in [5, 5.41) is 6.92. The van der Waals surface area contributed by atoms with E-state index in [1.54, 1.807) is 11.0 Å². The summed E-state index contributed by atoms with van der Waals surface area (Å²) >= 11 is 0. The number of fused-ring (bicyclic) bond motifs is 1. The number of imidazole rings is 1. The van der Waals surface area contributed by atoms with Gasteiger partial charge in [-0.1, -0.05) is 6.92 Å². The van der Waals surface area contributed by atoms with Gasteiger partial charge in [-0.3, -0.25) is 9.48 Å². The fraction of sp³-hybridized carbons (Fsp3) is 0.375. The average molecular weight is 312 g/mol. The Morgan fingerprint density at radius 2 is 2.13 bits per heavy atom. The number of carbonyl (C=O) groups excluding carboxylic acids is 1. The van der Waals surface area contributed by atoms with Crippen molar-refractivity contribution in [3.63, 3.8) is 0 Å². The molecule has 2 N–H and O–H groups in total. The second-order valence-electron chi connectivity index (χ2n) is 5.87. The highest BCUT2D eigenvalue weighted by atomic mass is 16.1. The minimum absolute atomic E-state index is 0.0340. The van der Waals surface area contributed by atoms with Gasteiger partial charge in [-0.2, -0.15) is 5.10 Å². The van der Waals surface area contributed by atoms with Crippen LogP contribution in [0, 0.1) is 19.8 Å². The van der Waals surface area contributed by atoms with E-state index in [1.165, 1.54) is 17.5 Å². The van der Waals surface area contributed by atoms with Gasteiger partial charge in [0.25, 0.3) is 0 Å². The number of nitrogens with one attached hydrogen (secondary N) is 2. The molecule has 0 radical (unpaired) electrons. The standard InChI is InChI=1S/C16H20N6O/c1-10-4-13-14(5-11(10)2)21-15(20-13)6-18-16(23)12(3)7-22-9-17-8-19-22/h4-5,8-9,12H,6-7H2,1-3H3,(H,18,23)(H,20,21)/t12-/m0/s1. The molecule has 0 aliphatic heterocycles. The van der Waals surface area contributed by atoms with Gasteiger partial charge < -0.3 is 10.3 Å². The van der Waals surface area contributed by atoms with E-state index < -0.39 is 0 Å². The number of H-pyrrole nitrogens is 1. The highest BCUT2D eigenvalue weighted by Crippen LogP contribution is 2.17. The van der Waals surface area contributed by atoms with Crippen molar-refractivity contribution in [3.8, 4) is 0 Å². The van der Waals surface area contributed by atoms with Gasteiger partial charge in [-0.05, 0) is 37.1 Å². The van der Waals surface area contributed by atoms with Crippen LogP contribution in [0.4, 0.5) is 0 Å². The second-order valence-corrected chi connectivity index (χ2v) is 5.87. The van der Waals surface area contributed by atoms with Crippen LogP contribution in [0.15, 0.2) is 24.8 Å².